The number of carbonyl (C=O) groups is 7. The van der Waals surface area contributed by atoms with Gasteiger partial charge >= 0.3 is 30.0 Å². The molecule has 0 bridgehead atoms. The number of ether oxygens (including phenoxy) is 5. The Morgan fingerprint density at radius 2 is 0.833 bits per heavy atom. The summed E-state index contributed by atoms with van der Waals surface area (Å²) in [4.78, 5) is 71.5. The minimum absolute atomic E-state index is 0.0473. The van der Waals surface area contributed by atoms with Crippen LogP contribution in [0.3, 0.4) is 0 Å². The predicted molar refractivity (Wildman–Crippen MR) is 212 cm³/mol. The minimum Gasteiger partial charge on any atom is -0.469 e. The summed E-state index contributed by atoms with van der Waals surface area (Å²) in [6.07, 6.45) is 5.26. The number of esters is 3. The fourth-order valence-corrected chi connectivity index (χ4v) is 1.60. The van der Waals surface area contributed by atoms with Gasteiger partial charge < -0.3 is 55.6 Å². The maximum Gasteiger partial charge on any atom is 0.406 e. The quantitative estimate of drug-likeness (QED) is 0.104. The standard InChI is InChI=1S/C7H13NO3.C6H11NO3.C3H8N2O.C3H7NO2.C3H6O2.C2H8N2O2S.C2H7N.C2H6O.C2H6S/c1-8-6(9)4-3-5-7(10)11-2;1-7-5(8)3-4-6(9)10-2;1-4-3(6)5-2;1-4-3(5)6-2;1-3(4)5-2;1-3-7(5,6)4-2;3*1-3-2/h3-5H2,1-2H3,(H,8,9);3-4H2,1-2H3,(H,7,8);1-2H3,(H2,4,5,6);1-2H3,(H,4,5);1-2H3;3-4H,1-2H3;3H,1-2H3;2*1-2H3. The zero-order valence-electron chi connectivity index (χ0n) is 35.6. The van der Waals surface area contributed by atoms with Crippen LogP contribution < -0.4 is 41.3 Å². The fourth-order valence-electron chi connectivity index (χ4n) is 1.39. The lowest BCUT2D eigenvalue weighted by molar-refractivity contribution is -0.142. The minimum atomic E-state index is -3.16. The van der Waals surface area contributed by atoms with Gasteiger partial charge in [-0.15, -0.1) is 0 Å². The number of rotatable bonds is 9. The molecule has 328 valence electrons. The molecule has 0 aromatic rings. The molecule has 0 fully saturated rings. The number of alkyl carbamates (subject to hydrolysis) is 1. The highest BCUT2D eigenvalue weighted by molar-refractivity contribution is 7.97. The molecule has 0 aliphatic rings. The zero-order valence-corrected chi connectivity index (χ0v) is 37.2. The second-order valence-electron chi connectivity index (χ2n) is 8.35. The molecule has 0 saturated heterocycles. The lowest BCUT2D eigenvalue weighted by Crippen LogP contribution is -2.30. The number of amides is 5. The summed E-state index contributed by atoms with van der Waals surface area (Å²) in [5.41, 5.74) is 0. The van der Waals surface area contributed by atoms with Crippen LogP contribution in [0.5, 0.6) is 0 Å². The van der Waals surface area contributed by atoms with Gasteiger partial charge in [0.2, 0.25) is 11.8 Å². The van der Waals surface area contributed by atoms with Crippen LogP contribution in [0.15, 0.2) is 0 Å². The van der Waals surface area contributed by atoms with Gasteiger partial charge in [-0.1, -0.05) is 0 Å². The first kappa shape index (κ1) is 71.4. The fraction of sp³-hybridized carbons (Fsp3) is 0.767. The average molecular weight is 833 g/mol. The first-order valence-corrected chi connectivity index (χ1v) is 18.5. The first-order chi connectivity index (χ1) is 25.2. The molecule has 0 atom stereocenters. The number of urea groups is 1. The third kappa shape index (κ3) is 110. The normalized spacial score (nSPS) is 8.11. The van der Waals surface area contributed by atoms with E-state index >= 15 is 0 Å². The van der Waals surface area contributed by atoms with Crippen LogP contribution in [-0.4, -0.2) is 169 Å². The topological polar surface area (TPSA) is 296 Å². The highest BCUT2D eigenvalue weighted by Gasteiger charge is 2.04. The zero-order chi connectivity index (χ0) is 45.0. The number of hydrogen-bond donors (Lipinski definition) is 8. The van der Waals surface area contributed by atoms with Crippen molar-refractivity contribution in [2.45, 2.75) is 39.0 Å². The third-order valence-corrected chi connectivity index (χ3v) is 5.10. The van der Waals surface area contributed by atoms with E-state index in [1.54, 1.807) is 47.1 Å². The Kier molecular flexibility index (Phi) is 84.7. The molecule has 0 unspecified atom stereocenters. The van der Waals surface area contributed by atoms with E-state index in [1.807, 2.05) is 26.6 Å². The summed E-state index contributed by atoms with van der Waals surface area (Å²) in [5.74, 6) is -1.07. The van der Waals surface area contributed by atoms with Gasteiger partial charge in [-0.2, -0.15) is 20.2 Å². The van der Waals surface area contributed by atoms with Crippen molar-refractivity contribution < 1.29 is 65.7 Å². The highest BCUT2D eigenvalue weighted by Crippen LogP contribution is 1.96. The van der Waals surface area contributed by atoms with Crippen LogP contribution in [0.25, 0.3) is 0 Å². The van der Waals surface area contributed by atoms with Crippen molar-refractivity contribution in [1.29, 1.82) is 0 Å². The van der Waals surface area contributed by atoms with Crippen molar-refractivity contribution in [2.24, 2.45) is 0 Å². The molecule has 0 heterocycles. The van der Waals surface area contributed by atoms with Crippen LogP contribution in [0.2, 0.25) is 0 Å². The molecule has 5 amide bonds. The number of nitrogens with one attached hydrogen (secondary N) is 8. The lowest BCUT2D eigenvalue weighted by Gasteiger charge is -1.98. The summed E-state index contributed by atoms with van der Waals surface area (Å²) >= 11 is 1.75. The second kappa shape index (κ2) is 64.0. The Morgan fingerprint density at radius 1 is 0.519 bits per heavy atom. The van der Waals surface area contributed by atoms with E-state index in [0.717, 1.165) is 0 Å². The molecule has 0 aromatic carbocycles. The Morgan fingerprint density at radius 3 is 1.00 bits per heavy atom. The van der Waals surface area contributed by atoms with Crippen molar-refractivity contribution >= 4 is 63.8 Å². The number of thioether (sulfide) groups is 1. The monoisotopic (exact) mass is 832 g/mol. The SMILES string of the molecule is CNC.CNC(=O)CCC(=O)OC.CNC(=O)CCCC(=O)OC.CNC(=O)NC.CNC(=O)OC.CNS(=O)(=O)NC.COC.COC(C)=O.CSC. The van der Waals surface area contributed by atoms with Gasteiger partial charge in [0.25, 0.3) is 10.2 Å². The average Bonchev–Trinajstić information content (AvgIpc) is 3.17. The molecular weight excluding hydrogens is 761 g/mol. The highest BCUT2D eigenvalue weighted by atomic mass is 32.2. The molecule has 0 radical (unpaired) electrons. The van der Waals surface area contributed by atoms with E-state index in [9.17, 15) is 42.0 Å². The van der Waals surface area contributed by atoms with Gasteiger partial charge in [-0.25, -0.2) is 19.0 Å². The number of hydrogen-bond acceptors (Lipinski definition) is 16. The van der Waals surface area contributed by atoms with E-state index in [4.69, 9.17) is 0 Å². The molecule has 24 heteroatoms. The molecule has 0 rings (SSSR count). The lowest BCUT2D eigenvalue weighted by atomic mass is 10.2. The van der Waals surface area contributed by atoms with Crippen molar-refractivity contribution in [1.82, 2.24) is 41.3 Å². The van der Waals surface area contributed by atoms with Crippen molar-refractivity contribution in [3.63, 3.8) is 0 Å². The van der Waals surface area contributed by atoms with Crippen LogP contribution in [0.4, 0.5) is 9.59 Å². The van der Waals surface area contributed by atoms with Crippen molar-refractivity contribution in [3.8, 4) is 0 Å². The molecule has 0 aromatic heterocycles. The van der Waals surface area contributed by atoms with Gasteiger partial charge in [0.1, 0.15) is 0 Å². The van der Waals surface area contributed by atoms with Crippen LogP contribution >= 0.6 is 11.8 Å². The molecule has 22 nitrogen and oxygen atoms in total. The third-order valence-electron chi connectivity index (χ3n) is 4.02. The van der Waals surface area contributed by atoms with Crippen LogP contribution in [0.1, 0.15) is 39.0 Å². The van der Waals surface area contributed by atoms with E-state index in [2.05, 4.69) is 65.0 Å². The number of methoxy groups -OCH3 is 5. The molecule has 54 heavy (non-hydrogen) atoms. The smallest absolute Gasteiger partial charge is 0.406 e. The largest absolute Gasteiger partial charge is 0.469 e. The molecule has 0 aliphatic heterocycles. The van der Waals surface area contributed by atoms with E-state index in [-0.39, 0.29) is 48.6 Å². The predicted octanol–water partition coefficient (Wildman–Crippen LogP) is -0.795. The first-order valence-electron chi connectivity index (χ1n) is 15.4. The summed E-state index contributed by atoms with van der Waals surface area (Å²) in [7, 11) is 19.6. The summed E-state index contributed by atoms with van der Waals surface area (Å²) < 4.78 is 45.6. The maximum atomic E-state index is 10.6. The molecule has 0 aliphatic carbocycles. The Labute approximate surface area is 327 Å². The second-order valence-corrected chi connectivity index (χ2v) is 11.0. The molecule has 8 N–H and O–H groups in total. The van der Waals surface area contributed by atoms with Gasteiger partial charge in [0, 0.05) is 89.7 Å². The Balaban J connectivity index is -0.0000000625. The van der Waals surface area contributed by atoms with Crippen molar-refractivity contribution in [3.05, 3.63) is 0 Å². The molecule has 0 saturated carbocycles. The van der Waals surface area contributed by atoms with Crippen LogP contribution in [0, 0.1) is 0 Å². The Bertz CT molecular complexity index is 905. The van der Waals surface area contributed by atoms with Gasteiger partial charge in [-0.3, -0.25) is 24.0 Å². The molecular formula is C30H72N8O14S2. The van der Waals surface area contributed by atoms with Gasteiger partial charge in [0.05, 0.1) is 34.9 Å². The molecule has 0 spiro atoms. The van der Waals surface area contributed by atoms with Gasteiger partial charge in [0.15, 0.2) is 0 Å². The van der Waals surface area contributed by atoms with E-state index in [1.165, 1.54) is 63.6 Å². The van der Waals surface area contributed by atoms with Gasteiger partial charge in [-0.05, 0) is 33.0 Å². The Hall–Kier alpha value is -3.97. The van der Waals surface area contributed by atoms with E-state index in [0.29, 0.717) is 19.3 Å². The summed E-state index contributed by atoms with van der Waals surface area (Å²) in [5, 5.41) is 14.6. The van der Waals surface area contributed by atoms with Crippen LogP contribution in [-0.2, 0) is 57.9 Å². The number of carbonyl (C=O) groups excluding carboxylic acids is 7. The maximum absolute atomic E-state index is 10.6. The van der Waals surface area contributed by atoms with Crippen molar-refractivity contribution in [2.75, 3.05) is 119 Å². The summed E-state index contributed by atoms with van der Waals surface area (Å²) in [6, 6.07) is -0.157. The summed E-state index contributed by atoms with van der Waals surface area (Å²) in [6.45, 7) is 1.36. The van der Waals surface area contributed by atoms with E-state index < -0.39 is 16.3 Å².